The number of morpholine rings is 1. The van der Waals surface area contributed by atoms with E-state index >= 15 is 0 Å². The average molecular weight is 281 g/mol. The van der Waals surface area contributed by atoms with Gasteiger partial charge >= 0.3 is 5.97 Å². The Labute approximate surface area is 116 Å². The van der Waals surface area contributed by atoms with Crippen LogP contribution in [-0.4, -0.2) is 49.7 Å². The van der Waals surface area contributed by atoms with Crippen molar-refractivity contribution in [2.75, 3.05) is 26.8 Å². The van der Waals surface area contributed by atoms with Gasteiger partial charge in [0.15, 0.2) is 6.10 Å². The van der Waals surface area contributed by atoms with Crippen molar-refractivity contribution in [3.8, 4) is 0 Å². The van der Waals surface area contributed by atoms with Crippen LogP contribution in [-0.2, 0) is 25.5 Å². The molecule has 1 heterocycles. The van der Waals surface area contributed by atoms with E-state index in [1.165, 1.54) is 18.1 Å². The number of hydrogen-bond donors (Lipinski definition) is 0. The van der Waals surface area contributed by atoms with Gasteiger partial charge in [0.25, 0.3) is 0 Å². The van der Waals surface area contributed by atoms with Gasteiger partial charge in [0.05, 0.1) is 26.7 Å². The molecule has 20 heavy (non-hydrogen) atoms. The van der Waals surface area contributed by atoms with E-state index in [0.717, 1.165) is 0 Å². The van der Waals surface area contributed by atoms with Crippen molar-refractivity contribution in [1.29, 1.82) is 0 Å². The van der Waals surface area contributed by atoms with E-state index < -0.39 is 17.9 Å². The van der Waals surface area contributed by atoms with Gasteiger partial charge in [-0.25, -0.2) is 9.18 Å². The predicted molar refractivity (Wildman–Crippen MR) is 68.4 cm³/mol. The summed E-state index contributed by atoms with van der Waals surface area (Å²) >= 11 is 0. The van der Waals surface area contributed by atoms with Crippen molar-refractivity contribution in [1.82, 2.24) is 4.90 Å². The minimum atomic E-state index is -0.765. The summed E-state index contributed by atoms with van der Waals surface area (Å²) < 4.78 is 23.3. The monoisotopic (exact) mass is 281 g/mol. The molecular formula is C14H16FNO4. The predicted octanol–water partition coefficient (Wildman–Crippen LogP) is 0.769. The minimum Gasteiger partial charge on any atom is -0.467 e. The summed E-state index contributed by atoms with van der Waals surface area (Å²) in [5, 5.41) is 0. The average Bonchev–Trinajstić information content (AvgIpc) is 2.49. The van der Waals surface area contributed by atoms with Crippen LogP contribution in [0, 0.1) is 5.82 Å². The van der Waals surface area contributed by atoms with Gasteiger partial charge in [-0.05, 0) is 11.6 Å². The van der Waals surface area contributed by atoms with Crippen molar-refractivity contribution in [3.63, 3.8) is 0 Å². The second-order valence-electron chi connectivity index (χ2n) is 4.49. The number of esters is 1. The molecule has 2 rings (SSSR count). The van der Waals surface area contributed by atoms with Gasteiger partial charge in [-0.3, -0.25) is 4.79 Å². The van der Waals surface area contributed by atoms with E-state index in [1.807, 2.05) is 0 Å². The molecule has 0 N–H and O–H groups in total. The van der Waals surface area contributed by atoms with E-state index in [0.29, 0.717) is 12.1 Å². The molecule has 0 radical (unpaired) electrons. The third-order valence-corrected chi connectivity index (χ3v) is 3.18. The summed E-state index contributed by atoms with van der Waals surface area (Å²) in [6.45, 7) is 0.795. The Kier molecular flexibility index (Phi) is 4.68. The fraction of sp³-hybridized carbons (Fsp3) is 0.429. The number of nitrogens with zero attached hydrogens (tertiary/aromatic N) is 1. The van der Waals surface area contributed by atoms with E-state index in [4.69, 9.17) is 4.74 Å². The van der Waals surface area contributed by atoms with Crippen molar-refractivity contribution in [2.24, 2.45) is 0 Å². The van der Waals surface area contributed by atoms with Crippen LogP contribution in [0.25, 0.3) is 0 Å². The summed E-state index contributed by atoms with van der Waals surface area (Å²) in [5.74, 6) is -1.14. The highest BCUT2D eigenvalue weighted by atomic mass is 19.1. The van der Waals surface area contributed by atoms with E-state index in [2.05, 4.69) is 4.74 Å². The van der Waals surface area contributed by atoms with Gasteiger partial charge in [0.1, 0.15) is 5.82 Å². The molecule has 5 nitrogen and oxygen atoms in total. The normalized spacial score (nSPS) is 18.7. The van der Waals surface area contributed by atoms with Crippen LogP contribution in [0.5, 0.6) is 0 Å². The summed E-state index contributed by atoms with van der Waals surface area (Å²) in [5.41, 5.74) is 0.346. The molecule has 0 saturated carbocycles. The molecule has 1 amide bonds. The van der Waals surface area contributed by atoms with Gasteiger partial charge in [-0.2, -0.15) is 0 Å². The number of benzene rings is 1. The summed E-state index contributed by atoms with van der Waals surface area (Å²) in [6, 6.07) is 6.15. The summed E-state index contributed by atoms with van der Waals surface area (Å²) in [7, 11) is 1.27. The number of hydrogen-bond acceptors (Lipinski definition) is 4. The first-order valence-corrected chi connectivity index (χ1v) is 6.32. The van der Waals surface area contributed by atoms with Crippen LogP contribution >= 0.6 is 0 Å². The third-order valence-electron chi connectivity index (χ3n) is 3.18. The lowest BCUT2D eigenvalue weighted by molar-refractivity contribution is -0.162. The van der Waals surface area contributed by atoms with Gasteiger partial charge < -0.3 is 14.4 Å². The van der Waals surface area contributed by atoms with Crippen molar-refractivity contribution in [2.45, 2.75) is 12.5 Å². The number of ether oxygens (including phenoxy) is 2. The second-order valence-corrected chi connectivity index (χ2v) is 4.49. The standard InChI is InChI=1S/C14H16FNO4/c1-19-14(18)12-9-16(6-7-20-12)13(17)8-10-4-2-3-5-11(10)15/h2-5,12H,6-9H2,1H3. The highest BCUT2D eigenvalue weighted by Gasteiger charge is 2.29. The molecule has 6 heteroatoms. The highest BCUT2D eigenvalue weighted by Crippen LogP contribution is 2.12. The number of methoxy groups -OCH3 is 1. The van der Waals surface area contributed by atoms with E-state index in [-0.39, 0.29) is 25.5 Å². The fourth-order valence-corrected chi connectivity index (χ4v) is 2.07. The van der Waals surface area contributed by atoms with Crippen LogP contribution in [0.3, 0.4) is 0 Å². The molecule has 1 saturated heterocycles. The second kappa shape index (κ2) is 6.47. The summed E-state index contributed by atoms with van der Waals surface area (Å²) in [4.78, 5) is 25.0. The Hall–Kier alpha value is -1.95. The number of carbonyl (C=O) groups excluding carboxylic acids is 2. The van der Waals surface area contributed by atoms with Gasteiger partial charge in [0, 0.05) is 6.54 Å². The van der Waals surface area contributed by atoms with Gasteiger partial charge in [-0.15, -0.1) is 0 Å². The van der Waals surface area contributed by atoms with Crippen LogP contribution in [0.2, 0.25) is 0 Å². The maximum Gasteiger partial charge on any atom is 0.336 e. The maximum atomic E-state index is 13.5. The van der Waals surface area contributed by atoms with Crippen LogP contribution in [0.15, 0.2) is 24.3 Å². The topological polar surface area (TPSA) is 55.8 Å². The zero-order valence-electron chi connectivity index (χ0n) is 11.2. The largest absolute Gasteiger partial charge is 0.467 e. The van der Waals surface area contributed by atoms with Crippen LogP contribution in [0.4, 0.5) is 4.39 Å². The minimum absolute atomic E-state index is 0.0272. The number of rotatable bonds is 3. The Morgan fingerprint density at radius 1 is 1.45 bits per heavy atom. The Morgan fingerprint density at radius 3 is 2.90 bits per heavy atom. The van der Waals surface area contributed by atoms with E-state index in [1.54, 1.807) is 18.2 Å². The maximum absolute atomic E-state index is 13.5. The molecule has 0 aromatic heterocycles. The zero-order chi connectivity index (χ0) is 14.5. The smallest absolute Gasteiger partial charge is 0.336 e. The lowest BCUT2D eigenvalue weighted by atomic mass is 10.1. The molecule has 1 aromatic rings. The van der Waals surface area contributed by atoms with Crippen LogP contribution < -0.4 is 0 Å². The van der Waals surface area contributed by atoms with Crippen molar-refractivity contribution >= 4 is 11.9 Å². The molecule has 1 fully saturated rings. The zero-order valence-corrected chi connectivity index (χ0v) is 11.2. The number of carbonyl (C=O) groups is 2. The molecule has 1 atom stereocenters. The third kappa shape index (κ3) is 3.33. The highest BCUT2D eigenvalue weighted by molar-refractivity contribution is 5.81. The number of halogens is 1. The molecule has 1 aromatic carbocycles. The van der Waals surface area contributed by atoms with Gasteiger partial charge in [0.2, 0.25) is 5.91 Å². The molecule has 1 unspecified atom stereocenters. The van der Waals surface area contributed by atoms with Crippen LogP contribution in [0.1, 0.15) is 5.56 Å². The lowest BCUT2D eigenvalue weighted by Gasteiger charge is -2.31. The first-order chi connectivity index (χ1) is 9.61. The summed E-state index contributed by atoms with van der Waals surface area (Å²) in [6.07, 6.45) is -0.793. The molecule has 0 bridgehead atoms. The van der Waals surface area contributed by atoms with Gasteiger partial charge in [-0.1, -0.05) is 18.2 Å². The molecule has 1 aliphatic heterocycles. The molecule has 0 aliphatic carbocycles. The van der Waals surface area contributed by atoms with Crippen molar-refractivity contribution in [3.05, 3.63) is 35.6 Å². The molecule has 108 valence electrons. The fourth-order valence-electron chi connectivity index (χ4n) is 2.07. The number of amides is 1. The molecular weight excluding hydrogens is 265 g/mol. The quantitative estimate of drug-likeness (QED) is 0.768. The van der Waals surface area contributed by atoms with Crippen molar-refractivity contribution < 1.29 is 23.5 Å². The molecule has 0 spiro atoms. The van der Waals surface area contributed by atoms with E-state index in [9.17, 15) is 14.0 Å². The first-order valence-electron chi connectivity index (χ1n) is 6.32. The Morgan fingerprint density at radius 2 is 2.20 bits per heavy atom. The Balaban J connectivity index is 1.99. The SMILES string of the molecule is COC(=O)C1CN(C(=O)Cc2ccccc2F)CCO1. The Bertz CT molecular complexity index is 506. The molecule has 1 aliphatic rings. The first kappa shape index (κ1) is 14.5. The lowest BCUT2D eigenvalue weighted by Crippen LogP contribution is -2.49.